The Bertz CT molecular complexity index is 1080. The number of halogens is 1. The first kappa shape index (κ1) is 27.0. The first-order valence-corrected chi connectivity index (χ1v) is 12.7. The second-order valence-corrected chi connectivity index (χ2v) is 9.64. The molecule has 2 fully saturated rings. The van der Waals surface area contributed by atoms with Gasteiger partial charge in [-0.1, -0.05) is 17.7 Å². The Kier molecular flexibility index (Phi) is 9.98. The smallest absolute Gasteiger partial charge is 0.335 e. The Balaban J connectivity index is 0.00000108. The number of β-amino-alcohol motifs (C(OH)–C–C–N with tert-alkyl or cyclic N) is 1. The van der Waals surface area contributed by atoms with Crippen molar-refractivity contribution in [3.8, 4) is 6.07 Å². The Morgan fingerprint density at radius 3 is 2.71 bits per heavy atom. The maximum Gasteiger partial charge on any atom is 0.335 e. The van der Waals surface area contributed by atoms with Gasteiger partial charge < -0.3 is 20.2 Å². The van der Waals surface area contributed by atoms with Crippen LogP contribution < -0.4 is 10.2 Å². The topological polar surface area (TPSA) is 122 Å². The number of piperidine rings is 1. The molecule has 1 aromatic heterocycles. The molecule has 0 saturated carbocycles. The predicted octanol–water partition coefficient (Wildman–Crippen LogP) is 2.95. The van der Waals surface area contributed by atoms with Gasteiger partial charge in [0.2, 0.25) is 0 Å². The van der Waals surface area contributed by atoms with Crippen molar-refractivity contribution in [3.63, 3.8) is 0 Å². The average molecular weight is 519 g/mol. The quantitative estimate of drug-likeness (QED) is 0.569. The van der Waals surface area contributed by atoms with Crippen LogP contribution in [-0.4, -0.2) is 67.7 Å². The summed E-state index contributed by atoms with van der Waals surface area (Å²) < 4.78 is 16.6. The summed E-state index contributed by atoms with van der Waals surface area (Å²) in [6.07, 6.45) is 4.16. The van der Waals surface area contributed by atoms with E-state index in [2.05, 4.69) is 26.2 Å². The standard InChI is InChI=1S/C24H31ClN6O.O2S/c1-16-10-20(25)5-6-21(16)17(2)28-24-22(11-26)27-12-23(29-24)31-14-19(15-31)18-4-3-7-30(13-18)8-9-32;1-3-2/h5-6,10,12,17-19,32H,3-4,7-9,13-15H2,1-2H3,(H,28,29);/t17-,18+;/m1./s1. The number of aliphatic hydroxyl groups excluding tert-OH is 1. The van der Waals surface area contributed by atoms with Crippen molar-refractivity contribution in [1.29, 1.82) is 5.26 Å². The van der Waals surface area contributed by atoms with E-state index in [1.54, 1.807) is 6.20 Å². The van der Waals surface area contributed by atoms with Gasteiger partial charge in [-0.25, -0.2) is 9.97 Å². The fourth-order valence-corrected chi connectivity index (χ4v) is 5.17. The van der Waals surface area contributed by atoms with Crippen molar-refractivity contribution in [2.75, 3.05) is 49.5 Å². The Morgan fingerprint density at radius 2 is 2.06 bits per heavy atom. The van der Waals surface area contributed by atoms with E-state index in [1.165, 1.54) is 12.8 Å². The van der Waals surface area contributed by atoms with Crippen LogP contribution in [0.15, 0.2) is 24.4 Å². The van der Waals surface area contributed by atoms with Gasteiger partial charge in [0, 0.05) is 31.2 Å². The zero-order chi connectivity index (χ0) is 25.4. The molecule has 3 heterocycles. The van der Waals surface area contributed by atoms with Crippen LogP contribution in [0.5, 0.6) is 0 Å². The molecular weight excluding hydrogens is 488 g/mol. The normalized spacial score (nSPS) is 19.1. The minimum Gasteiger partial charge on any atom is -0.395 e. The van der Waals surface area contributed by atoms with Gasteiger partial charge in [-0.05, 0) is 68.3 Å². The van der Waals surface area contributed by atoms with Crippen LogP contribution in [0.25, 0.3) is 0 Å². The number of nitriles is 1. The number of aryl methyl sites for hydroxylation is 1. The van der Waals surface area contributed by atoms with E-state index in [9.17, 15) is 10.4 Å². The van der Waals surface area contributed by atoms with Gasteiger partial charge in [0.25, 0.3) is 0 Å². The molecule has 2 atom stereocenters. The molecule has 0 unspecified atom stereocenters. The highest BCUT2D eigenvalue weighted by atomic mass is 35.5. The fraction of sp³-hybridized carbons (Fsp3) is 0.542. The number of rotatable bonds is 7. The zero-order valence-electron chi connectivity index (χ0n) is 20.0. The van der Waals surface area contributed by atoms with Gasteiger partial charge in [-0.2, -0.15) is 13.7 Å². The van der Waals surface area contributed by atoms with Crippen LogP contribution in [0.4, 0.5) is 11.6 Å². The summed E-state index contributed by atoms with van der Waals surface area (Å²) in [6, 6.07) is 7.94. The molecule has 2 saturated heterocycles. The SMILES string of the molecule is Cc1cc(Cl)ccc1[C@@H](C)Nc1nc(N2CC([C@H]3CCCN(CCO)C3)C2)cnc1C#N.O=S=O. The summed E-state index contributed by atoms with van der Waals surface area (Å²) in [6.45, 7) is 9.17. The first-order chi connectivity index (χ1) is 16.9. The van der Waals surface area contributed by atoms with Gasteiger partial charge in [0.1, 0.15) is 11.9 Å². The molecule has 0 bridgehead atoms. The number of nitrogens with one attached hydrogen (secondary N) is 1. The van der Waals surface area contributed by atoms with E-state index in [1.807, 2.05) is 32.0 Å². The molecule has 4 rings (SSSR count). The van der Waals surface area contributed by atoms with Crippen molar-refractivity contribution in [2.45, 2.75) is 32.7 Å². The van der Waals surface area contributed by atoms with Gasteiger partial charge in [-0.15, -0.1) is 0 Å². The lowest BCUT2D eigenvalue weighted by molar-refractivity contribution is 0.101. The van der Waals surface area contributed by atoms with Crippen molar-refractivity contribution in [3.05, 3.63) is 46.2 Å². The number of anilines is 2. The number of hydrogen-bond donors (Lipinski definition) is 2. The van der Waals surface area contributed by atoms with Gasteiger partial charge >= 0.3 is 11.6 Å². The summed E-state index contributed by atoms with van der Waals surface area (Å²) in [4.78, 5) is 13.8. The first-order valence-electron chi connectivity index (χ1n) is 11.7. The van der Waals surface area contributed by atoms with E-state index in [0.717, 1.165) is 49.7 Å². The van der Waals surface area contributed by atoms with Gasteiger partial charge in [0.15, 0.2) is 11.5 Å². The molecule has 2 N–H and O–H groups in total. The third-order valence-electron chi connectivity index (χ3n) is 6.78. The minimum absolute atomic E-state index is 0.0344. The summed E-state index contributed by atoms with van der Waals surface area (Å²) in [7, 11) is 0. The summed E-state index contributed by atoms with van der Waals surface area (Å²) >= 11 is 5.34. The maximum absolute atomic E-state index is 9.53. The largest absolute Gasteiger partial charge is 0.395 e. The van der Waals surface area contributed by atoms with Crippen molar-refractivity contribution < 1.29 is 13.5 Å². The lowest BCUT2D eigenvalue weighted by atomic mass is 9.80. The third-order valence-corrected chi connectivity index (χ3v) is 7.01. The highest BCUT2D eigenvalue weighted by Gasteiger charge is 2.36. The van der Waals surface area contributed by atoms with Crippen molar-refractivity contribution in [1.82, 2.24) is 14.9 Å². The number of benzene rings is 1. The number of hydrogen-bond acceptors (Lipinski definition) is 9. The number of aliphatic hydroxyl groups is 1. The minimum atomic E-state index is -0.750. The monoisotopic (exact) mass is 518 g/mol. The number of nitrogens with zero attached hydrogens (tertiary/aromatic N) is 5. The van der Waals surface area contributed by atoms with E-state index in [0.29, 0.717) is 28.4 Å². The van der Waals surface area contributed by atoms with Crippen molar-refractivity contribution in [2.24, 2.45) is 11.8 Å². The molecule has 2 aliphatic heterocycles. The average Bonchev–Trinajstić information content (AvgIpc) is 2.79. The molecule has 0 aliphatic carbocycles. The lowest BCUT2D eigenvalue weighted by Gasteiger charge is -2.47. The van der Waals surface area contributed by atoms with Crippen LogP contribution in [0, 0.1) is 30.1 Å². The predicted molar refractivity (Wildman–Crippen MR) is 136 cm³/mol. The summed E-state index contributed by atoms with van der Waals surface area (Å²) in [5.41, 5.74) is 2.50. The molecule has 2 aliphatic rings. The molecule has 2 aromatic rings. The van der Waals surface area contributed by atoms with Gasteiger partial charge in [-0.3, -0.25) is 0 Å². The zero-order valence-corrected chi connectivity index (χ0v) is 21.6. The van der Waals surface area contributed by atoms with Crippen LogP contribution in [-0.2, 0) is 11.6 Å². The Hall–Kier alpha value is -2.58. The Morgan fingerprint density at radius 1 is 1.31 bits per heavy atom. The second kappa shape index (κ2) is 12.9. The highest BCUT2D eigenvalue weighted by Crippen LogP contribution is 2.34. The Labute approximate surface area is 214 Å². The molecular formula is C24H31ClN6O3S. The fourth-order valence-electron chi connectivity index (χ4n) is 4.94. The molecule has 188 valence electrons. The molecule has 0 amide bonds. The third kappa shape index (κ3) is 6.98. The maximum atomic E-state index is 9.53. The molecule has 0 spiro atoms. The second-order valence-electron chi connectivity index (χ2n) is 9.06. The molecule has 0 radical (unpaired) electrons. The van der Waals surface area contributed by atoms with Crippen LogP contribution in [0.2, 0.25) is 5.02 Å². The van der Waals surface area contributed by atoms with Crippen molar-refractivity contribution >= 4 is 34.8 Å². The lowest BCUT2D eigenvalue weighted by Crippen LogP contribution is -2.54. The van der Waals surface area contributed by atoms with Gasteiger partial charge in [0.05, 0.1) is 18.8 Å². The van der Waals surface area contributed by atoms with E-state index in [-0.39, 0.29) is 12.6 Å². The van der Waals surface area contributed by atoms with E-state index < -0.39 is 11.6 Å². The summed E-state index contributed by atoms with van der Waals surface area (Å²) in [5, 5.41) is 22.9. The van der Waals surface area contributed by atoms with Crippen LogP contribution in [0.3, 0.4) is 0 Å². The van der Waals surface area contributed by atoms with Crippen LogP contribution >= 0.6 is 11.6 Å². The number of aromatic nitrogens is 2. The molecule has 9 nitrogen and oxygen atoms in total. The van der Waals surface area contributed by atoms with Crippen LogP contribution in [0.1, 0.15) is 42.6 Å². The summed E-state index contributed by atoms with van der Waals surface area (Å²) in [5.74, 6) is 2.64. The molecule has 1 aromatic carbocycles. The van der Waals surface area contributed by atoms with E-state index >= 15 is 0 Å². The molecule has 11 heteroatoms. The number of likely N-dealkylation sites (tertiary alicyclic amines) is 1. The molecule has 35 heavy (non-hydrogen) atoms. The van der Waals surface area contributed by atoms with E-state index in [4.69, 9.17) is 25.0 Å². The highest BCUT2D eigenvalue weighted by molar-refractivity contribution is 7.51.